The molecule has 1 aliphatic heterocycles. The number of hydrogen-bond donors (Lipinski definition) is 1. The van der Waals surface area contributed by atoms with Crippen molar-refractivity contribution in [2.45, 2.75) is 31.8 Å². The topological polar surface area (TPSA) is 80.1 Å². The van der Waals surface area contributed by atoms with Gasteiger partial charge in [-0.05, 0) is 49.9 Å². The maximum absolute atomic E-state index is 12.7. The van der Waals surface area contributed by atoms with Crippen LogP contribution < -0.4 is 15.8 Å². The Morgan fingerprint density at radius 1 is 1.21 bits per heavy atom. The van der Waals surface area contributed by atoms with Crippen molar-refractivity contribution in [3.05, 3.63) is 39.7 Å². The van der Waals surface area contributed by atoms with Crippen molar-refractivity contribution in [2.24, 2.45) is 7.05 Å². The predicted octanol–water partition coefficient (Wildman–Crippen LogP) is 3.34. The summed E-state index contributed by atoms with van der Waals surface area (Å²) in [6.07, 6.45) is 2.30. The van der Waals surface area contributed by atoms with Crippen molar-refractivity contribution in [2.75, 3.05) is 29.1 Å². The summed E-state index contributed by atoms with van der Waals surface area (Å²) in [6, 6.07) is 5.82. The number of fused-ring (bicyclic) bond motifs is 1. The van der Waals surface area contributed by atoms with Crippen LogP contribution in [0.4, 0.5) is 10.8 Å². The number of nitrogens with zero attached hydrogens (tertiary/aromatic N) is 4. The third-order valence-electron chi connectivity index (χ3n) is 5.08. The van der Waals surface area contributed by atoms with E-state index in [1.807, 2.05) is 32.0 Å². The molecule has 1 N–H and O–H groups in total. The second-order valence-corrected chi connectivity index (χ2v) is 9.16. The van der Waals surface area contributed by atoms with Crippen LogP contribution in [0.25, 0.3) is 10.3 Å². The molecule has 152 valence electrons. The van der Waals surface area contributed by atoms with Gasteiger partial charge in [0.15, 0.2) is 15.9 Å². The van der Waals surface area contributed by atoms with Gasteiger partial charge in [-0.15, -0.1) is 0 Å². The lowest BCUT2D eigenvalue weighted by Gasteiger charge is -2.11. The Hall–Kier alpha value is -2.39. The smallest absolute Gasteiger partial charge is 0.273 e. The van der Waals surface area contributed by atoms with Crippen molar-refractivity contribution < 1.29 is 4.79 Å². The first-order valence-electron chi connectivity index (χ1n) is 9.55. The normalized spacial score (nSPS) is 14.0. The second-order valence-electron chi connectivity index (χ2n) is 7.24. The molecule has 0 unspecified atom stereocenters. The van der Waals surface area contributed by atoms with Crippen LogP contribution in [0.5, 0.6) is 0 Å². The summed E-state index contributed by atoms with van der Waals surface area (Å²) in [4.78, 5) is 36.4. The van der Waals surface area contributed by atoms with Gasteiger partial charge in [0.2, 0.25) is 5.91 Å². The zero-order valence-corrected chi connectivity index (χ0v) is 18.3. The lowest BCUT2D eigenvalue weighted by atomic mass is 10.1. The molecular weight excluding hydrogens is 406 g/mol. The number of anilines is 2. The Morgan fingerprint density at radius 2 is 1.97 bits per heavy atom. The minimum Gasteiger partial charge on any atom is -0.348 e. The van der Waals surface area contributed by atoms with Crippen molar-refractivity contribution in [3.63, 3.8) is 0 Å². The summed E-state index contributed by atoms with van der Waals surface area (Å²) in [5.74, 6) is 0.0330. The number of rotatable bonds is 5. The number of amides is 1. The third kappa shape index (κ3) is 4.16. The van der Waals surface area contributed by atoms with Crippen LogP contribution in [0.1, 0.15) is 24.0 Å². The summed E-state index contributed by atoms with van der Waals surface area (Å²) in [5, 5.41) is 4.25. The van der Waals surface area contributed by atoms with E-state index >= 15 is 0 Å². The Labute approximate surface area is 177 Å². The molecule has 0 atom stereocenters. The molecule has 0 saturated carbocycles. The van der Waals surface area contributed by atoms with Crippen LogP contribution in [-0.4, -0.2) is 39.3 Å². The molecule has 1 fully saturated rings. The molecule has 1 aliphatic rings. The molecule has 0 aliphatic carbocycles. The summed E-state index contributed by atoms with van der Waals surface area (Å²) in [5.41, 5.74) is 3.43. The van der Waals surface area contributed by atoms with E-state index in [2.05, 4.69) is 20.2 Å². The number of aromatic nitrogens is 3. The van der Waals surface area contributed by atoms with Crippen molar-refractivity contribution in [1.82, 2.24) is 14.5 Å². The molecule has 1 aromatic carbocycles. The molecule has 7 nitrogen and oxygen atoms in total. The maximum Gasteiger partial charge on any atom is 0.273 e. The minimum absolute atomic E-state index is 0.116. The van der Waals surface area contributed by atoms with E-state index in [9.17, 15) is 9.59 Å². The van der Waals surface area contributed by atoms with Gasteiger partial charge in [-0.25, -0.2) is 4.98 Å². The summed E-state index contributed by atoms with van der Waals surface area (Å²) in [7, 11) is 1.69. The molecule has 0 bridgehead atoms. The molecular formula is C20H23N5O2S2. The van der Waals surface area contributed by atoms with E-state index in [1.165, 1.54) is 33.2 Å². The summed E-state index contributed by atoms with van der Waals surface area (Å²) in [6.45, 7) is 5.99. The number of thioether (sulfide) groups is 1. The maximum atomic E-state index is 12.7. The van der Waals surface area contributed by atoms with Gasteiger partial charge in [-0.2, -0.15) is 4.98 Å². The van der Waals surface area contributed by atoms with Gasteiger partial charge in [0, 0.05) is 25.8 Å². The minimum atomic E-state index is -0.136. The van der Waals surface area contributed by atoms with Crippen molar-refractivity contribution >= 4 is 50.2 Å². The van der Waals surface area contributed by atoms with Crippen LogP contribution in [0.2, 0.25) is 0 Å². The van der Waals surface area contributed by atoms with Crippen LogP contribution in [-0.2, 0) is 11.8 Å². The first-order valence-corrected chi connectivity index (χ1v) is 11.3. The summed E-state index contributed by atoms with van der Waals surface area (Å²) < 4.78 is 2.07. The molecule has 3 heterocycles. The highest BCUT2D eigenvalue weighted by Gasteiger charge is 2.20. The van der Waals surface area contributed by atoms with Crippen molar-refractivity contribution in [1.29, 1.82) is 0 Å². The quantitative estimate of drug-likeness (QED) is 0.495. The molecule has 4 rings (SSSR count). The van der Waals surface area contributed by atoms with E-state index in [-0.39, 0.29) is 17.2 Å². The number of thiazole rings is 1. The Bertz CT molecular complexity index is 1130. The van der Waals surface area contributed by atoms with E-state index in [1.54, 1.807) is 7.05 Å². The van der Waals surface area contributed by atoms with E-state index in [0.717, 1.165) is 42.3 Å². The number of carbonyl (C=O) groups excluding carboxylic acids is 1. The molecule has 3 aromatic rings. The molecule has 1 saturated heterocycles. The van der Waals surface area contributed by atoms with Crippen molar-refractivity contribution in [3.8, 4) is 0 Å². The largest absolute Gasteiger partial charge is 0.348 e. The second kappa shape index (κ2) is 8.16. The highest BCUT2D eigenvalue weighted by molar-refractivity contribution is 7.99. The van der Waals surface area contributed by atoms with E-state index in [0.29, 0.717) is 15.5 Å². The van der Waals surface area contributed by atoms with Gasteiger partial charge in [-0.3, -0.25) is 14.2 Å². The number of nitrogens with one attached hydrogen (secondary N) is 1. The number of carbonyl (C=O) groups is 1. The molecule has 9 heteroatoms. The van der Waals surface area contributed by atoms with Crippen LogP contribution in [0, 0.1) is 13.8 Å². The van der Waals surface area contributed by atoms with Gasteiger partial charge in [0.05, 0.1) is 5.75 Å². The predicted molar refractivity (Wildman–Crippen MR) is 119 cm³/mol. The van der Waals surface area contributed by atoms with Gasteiger partial charge in [0.25, 0.3) is 5.56 Å². The lowest BCUT2D eigenvalue weighted by Crippen LogP contribution is -2.20. The SMILES string of the molecule is Cc1ccc(NC(=O)CSc2nc3nc(N4CCCC4)sc3c(=O)n2C)cc1C. The first kappa shape index (κ1) is 19.9. The Kier molecular flexibility index (Phi) is 5.60. The molecule has 0 radical (unpaired) electrons. The van der Waals surface area contributed by atoms with E-state index < -0.39 is 0 Å². The lowest BCUT2D eigenvalue weighted by molar-refractivity contribution is -0.113. The number of hydrogen-bond acceptors (Lipinski definition) is 7. The fourth-order valence-electron chi connectivity index (χ4n) is 3.24. The van der Waals surface area contributed by atoms with Crippen LogP contribution in [0.15, 0.2) is 28.2 Å². The number of aryl methyl sites for hydroxylation is 2. The molecule has 0 spiro atoms. The van der Waals surface area contributed by atoms with Gasteiger partial charge < -0.3 is 10.2 Å². The first-order chi connectivity index (χ1) is 13.9. The molecule has 1 amide bonds. The van der Waals surface area contributed by atoms with Gasteiger partial charge >= 0.3 is 0 Å². The van der Waals surface area contributed by atoms with E-state index in [4.69, 9.17) is 0 Å². The Balaban J connectivity index is 1.49. The summed E-state index contributed by atoms with van der Waals surface area (Å²) >= 11 is 2.65. The zero-order valence-electron chi connectivity index (χ0n) is 16.7. The standard InChI is InChI=1S/C20H23N5O2S2/c1-12-6-7-14(10-13(12)2)21-15(26)11-28-19-22-17-16(18(27)24(19)3)29-20(23-17)25-8-4-5-9-25/h6-7,10H,4-5,8-9,11H2,1-3H3,(H,21,26). The monoisotopic (exact) mass is 429 g/mol. The Morgan fingerprint density at radius 3 is 2.69 bits per heavy atom. The average molecular weight is 430 g/mol. The average Bonchev–Trinajstić information content (AvgIpc) is 3.36. The van der Waals surface area contributed by atoms with Gasteiger partial charge in [0.1, 0.15) is 4.70 Å². The van der Waals surface area contributed by atoms with Gasteiger partial charge in [-0.1, -0.05) is 29.2 Å². The highest BCUT2D eigenvalue weighted by Crippen LogP contribution is 2.29. The fraction of sp³-hybridized carbons (Fsp3) is 0.400. The highest BCUT2D eigenvalue weighted by atomic mass is 32.2. The number of benzene rings is 1. The van der Waals surface area contributed by atoms with Crippen LogP contribution >= 0.6 is 23.1 Å². The third-order valence-corrected chi connectivity index (χ3v) is 7.21. The fourth-order valence-corrected chi connectivity index (χ4v) is 5.03. The molecule has 29 heavy (non-hydrogen) atoms. The van der Waals surface area contributed by atoms with Crippen LogP contribution in [0.3, 0.4) is 0 Å². The molecule has 2 aromatic heterocycles. The zero-order chi connectivity index (χ0) is 20.5.